The van der Waals surface area contributed by atoms with Gasteiger partial charge in [0.1, 0.15) is 11.3 Å². The van der Waals surface area contributed by atoms with Gasteiger partial charge in [-0.3, -0.25) is 9.89 Å². The maximum Gasteiger partial charge on any atom is 0.412 e. The van der Waals surface area contributed by atoms with Crippen molar-refractivity contribution in [2.75, 3.05) is 32.4 Å². The normalized spacial score (nSPS) is 21.4. The van der Waals surface area contributed by atoms with Crippen LogP contribution >= 0.6 is 24.0 Å². The van der Waals surface area contributed by atoms with E-state index in [2.05, 4.69) is 20.3 Å². The zero-order valence-electron chi connectivity index (χ0n) is 19.9. The molecule has 3 N–H and O–H groups in total. The number of rotatable bonds is 8. The van der Waals surface area contributed by atoms with Crippen LogP contribution in [0.25, 0.3) is 0 Å². The van der Waals surface area contributed by atoms with Crippen LogP contribution in [0.1, 0.15) is 54.9 Å². The molecule has 1 amide bonds. The summed E-state index contributed by atoms with van der Waals surface area (Å²) in [6, 6.07) is -0.280. The number of amides is 1. The van der Waals surface area contributed by atoms with Gasteiger partial charge >= 0.3 is 6.09 Å². The fourth-order valence-electron chi connectivity index (χ4n) is 3.18. The van der Waals surface area contributed by atoms with E-state index in [-0.39, 0.29) is 36.1 Å². The molecule has 12 heteroatoms. The second kappa shape index (κ2) is 12.4. The Balaban J connectivity index is 0.00000900. The average Bonchev–Trinajstić information content (AvgIpc) is 2.77. The number of carbonyl (C=O) groups is 1. The molecule has 0 bridgehead atoms. The first-order valence-corrected chi connectivity index (χ1v) is 12.2. The van der Waals surface area contributed by atoms with Gasteiger partial charge < -0.3 is 20.1 Å². The monoisotopic (exact) mass is 577 g/mol. The van der Waals surface area contributed by atoms with Crippen LogP contribution in [-0.2, 0) is 19.5 Å². The molecule has 1 heterocycles. The number of sulfonamides is 1. The van der Waals surface area contributed by atoms with Crippen molar-refractivity contribution in [2.24, 2.45) is 4.99 Å². The van der Waals surface area contributed by atoms with Crippen molar-refractivity contribution < 1.29 is 22.7 Å². The number of guanidine groups is 1. The van der Waals surface area contributed by atoms with E-state index in [1.54, 1.807) is 4.90 Å². The summed E-state index contributed by atoms with van der Waals surface area (Å²) in [4.78, 5) is 19.0. The third kappa shape index (κ3) is 11.0. The van der Waals surface area contributed by atoms with E-state index >= 15 is 0 Å². The summed E-state index contributed by atoms with van der Waals surface area (Å²) in [5, 5.41) is 6.33. The molecule has 184 valence electrons. The molecule has 0 aromatic heterocycles. The maximum absolute atomic E-state index is 12.8. The van der Waals surface area contributed by atoms with Crippen LogP contribution in [0.5, 0.6) is 0 Å². The second-order valence-corrected chi connectivity index (χ2v) is 10.7. The summed E-state index contributed by atoms with van der Waals surface area (Å²) in [6.07, 6.45) is 1.10. The predicted octanol–water partition coefficient (Wildman–Crippen LogP) is 1.86. The van der Waals surface area contributed by atoms with Gasteiger partial charge in [0.25, 0.3) is 0 Å². The molecule has 1 rings (SSSR count). The SMILES string of the molecule is CCNC(=NCC1C(C)OC(C)(C)N1C(=O)OC(C)(C)C)NCCCNS(C)(=O)=O.I. The lowest BCUT2D eigenvalue weighted by molar-refractivity contribution is -0.0755. The second-order valence-electron chi connectivity index (χ2n) is 8.85. The van der Waals surface area contributed by atoms with Crippen LogP contribution in [0, 0.1) is 0 Å². The van der Waals surface area contributed by atoms with E-state index in [0.29, 0.717) is 38.6 Å². The lowest BCUT2D eigenvalue weighted by atomic mass is 10.1. The minimum Gasteiger partial charge on any atom is -0.444 e. The van der Waals surface area contributed by atoms with E-state index in [9.17, 15) is 13.2 Å². The van der Waals surface area contributed by atoms with Crippen molar-refractivity contribution in [3.8, 4) is 0 Å². The molecule has 1 aliphatic heterocycles. The van der Waals surface area contributed by atoms with Crippen molar-refractivity contribution in [3.05, 3.63) is 0 Å². The molecular formula is C19H40IN5O5S. The molecule has 0 aromatic rings. The van der Waals surface area contributed by atoms with Crippen LogP contribution in [0.15, 0.2) is 4.99 Å². The number of hydrogen-bond acceptors (Lipinski definition) is 6. The fourth-order valence-corrected chi connectivity index (χ4v) is 3.69. The highest BCUT2D eigenvalue weighted by Gasteiger charge is 2.49. The van der Waals surface area contributed by atoms with Crippen LogP contribution in [0.3, 0.4) is 0 Å². The molecule has 2 atom stereocenters. The van der Waals surface area contributed by atoms with Gasteiger partial charge in [-0.25, -0.2) is 17.9 Å². The van der Waals surface area contributed by atoms with Crippen LogP contribution in [-0.4, -0.2) is 81.3 Å². The van der Waals surface area contributed by atoms with E-state index in [4.69, 9.17) is 9.47 Å². The zero-order valence-corrected chi connectivity index (χ0v) is 23.1. The van der Waals surface area contributed by atoms with Crippen LogP contribution < -0.4 is 15.4 Å². The van der Waals surface area contributed by atoms with Crippen molar-refractivity contribution in [1.82, 2.24) is 20.3 Å². The number of hydrogen-bond donors (Lipinski definition) is 3. The molecule has 0 aromatic carbocycles. The van der Waals surface area contributed by atoms with Gasteiger partial charge in [0, 0.05) is 19.6 Å². The topological polar surface area (TPSA) is 121 Å². The predicted molar refractivity (Wildman–Crippen MR) is 133 cm³/mol. The number of aliphatic imine (C=N–C) groups is 1. The van der Waals surface area contributed by atoms with Gasteiger partial charge in [0.2, 0.25) is 10.0 Å². The largest absolute Gasteiger partial charge is 0.444 e. The number of carbonyl (C=O) groups excluding carboxylic acids is 1. The third-order valence-electron chi connectivity index (χ3n) is 4.31. The van der Waals surface area contributed by atoms with Gasteiger partial charge in [-0.2, -0.15) is 0 Å². The highest BCUT2D eigenvalue weighted by atomic mass is 127. The van der Waals surface area contributed by atoms with Gasteiger partial charge in [-0.15, -0.1) is 24.0 Å². The van der Waals surface area contributed by atoms with Crippen LogP contribution in [0.4, 0.5) is 4.79 Å². The van der Waals surface area contributed by atoms with Crippen molar-refractivity contribution in [1.29, 1.82) is 0 Å². The van der Waals surface area contributed by atoms with E-state index in [1.807, 2.05) is 48.5 Å². The van der Waals surface area contributed by atoms with E-state index in [0.717, 1.165) is 6.26 Å². The smallest absolute Gasteiger partial charge is 0.412 e. The van der Waals surface area contributed by atoms with Gasteiger partial charge in [-0.1, -0.05) is 0 Å². The van der Waals surface area contributed by atoms with Crippen molar-refractivity contribution >= 4 is 46.1 Å². The quantitative estimate of drug-likeness (QED) is 0.174. The molecule has 0 radical (unpaired) electrons. The number of ether oxygens (including phenoxy) is 2. The molecule has 10 nitrogen and oxygen atoms in total. The molecule has 2 unspecified atom stereocenters. The summed E-state index contributed by atoms with van der Waals surface area (Å²) < 4.78 is 36.3. The Labute approximate surface area is 204 Å². The molecule has 1 saturated heterocycles. The van der Waals surface area contributed by atoms with E-state index < -0.39 is 27.4 Å². The first kappa shape index (κ1) is 30.1. The third-order valence-corrected chi connectivity index (χ3v) is 5.04. The van der Waals surface area contributed by atoms with Gasteiger partial charge in [0.05, 0.1) is 24.9 Å². The Morgan fingerprint density at radius 2 is 1.84 bits per heavy atom. The maximum atomic E-state index is 12.8. The molecule has 0 spiro atoms. The minimum absolute atomic E-state index is 0. The Kier molecular flexibility index (Phi) is 12.1. The highest BCUT2D eigenvalue weighted by Crippen LogP contribution is 2.33. The number of nitrogens with zero attached hydrogens (tertiary/aromatic N) is 2. The molecule has 0 saturated carbocycles. The molecule has 1 fully saturated rings. The summed E-state index contributed by atoms with van der Waals surface area (Å²) in [6.45, 7) is 15.0. The van der Waals surface area contributed by atoms with Gasteiger partial charge in [0.15, 0.2) is 5.96 Å². The Morgan fingerprint density at radius 3 is 2.35 bits per heavy atom. The summed E-state index contributed by atoms with van der Waals surface area (Å²) in [7, 11) is -3.19. The number of halogens is 1. The van der Waals surface area contributed by atoms with E-state index in [1.165, 1.54) is 0 Å². The lowest BCUT2D eigenvalue weighted by Gasteiger charge is -2.34. The summed E-state index contributed by atoms with van der Waals surface area (Å²) >= 11 is 0. The Morgan fingerprint density at radius 1 is 1.23 bits per heavy atom. The van der Waals surface area contributed by atoms with Crippen LogP contribution in [0.2, 0.25) is 0 Å². The molecular weight excluding hydrogens is 537 g/mol. The first-order chi connectivity index (χ1) is 13.7. The highest BCUT2D eigenvalue weighted by molar-refractivity contribution is 14.0. The Hall–Kier alpha value is -0.860. The average molecular weight is 578 g/mol. The number of nitrogens with one attached hydrogen (secondary N) is 3. The first-order valence-electron chi connectivity index (χ1n) is 10.3. The molecule has 0 aliphatic carbocycles. The fraction of sp³-hybridized carbons (Fsp3) is 0.895. The lowest BCUT2D eigenvalue weighted by Crippen LogP contribution is -2.51. The van der Waals surface area contributed by atoms with Crippen molar-refractivity contribution in [2.45, 2.75) is 78.4 Å². The van der Waals surface area contributed by atoms with Crippen molar-refractivity contribution in [3.63, 3.8) is 0 Å². The summed E-state index contributed by atoms with van der Waals surface area (Å²) in [5.41, 5.74) is -1.41. The zero-order chi connectivity index (χ0) is 23.2. The minimum atomic E-state index is -3.19. The standard InChI is InChI=1S/C19H39N5O5S.HI/c1-9-20-16(21-11-10-12-23-30(8,26)27)22-13-15-14(2)28-19(6,7)24(15)17(25)29-18(3,4)5;/h14-15,23H,9-13H2,1-8H3,(H2,20,21,22);1H. The molecule has 1 aliphatic rings. The molecule has 31 heavy (non-hydrogen) atoms. The Bertz CT molecular complexity index is 709. The van der Waals surface area contributed by atoms with Gasteiger partial charge in [-0.05, 0) is 54.9 Å². The summed E-state index contributed by atoms with van der Waals surface area (Å²) in [5.74, 6) is 0.595.